The van der Waals surface area contributed by atoms with Crippen LogP contribution in [-0.4, -0.2) is 6.61 Å². The van der Waals surface area contributed by atoms with E-state index in [1.165, 1.54) is 27.5 Å². The van der Waals surface area contributed by atoms with Crippen molar-refractivity contribution < 1.29 is 21.1 Å². The Morgan fingerprint density at radius 1 is 1.27 bits per heavy atom. The van der Waals surface area contributed by atoms with Crippen LogP contribution < -0.4 is 4.74 Å². The molecule has 0 aliphatic rings. The second-order valence-corrected chi connectivity index (χ2v) is 3.86. The van der Waals surface area contributed by atoms with Gasteiger partial charge < -0.3 is 4.74 Å². The summed E-state index contributed by atoms with van der Waals surface area (Å²) in [5.41, 5.74) is 2.33. The van der Waals surface area contributed by atoms with Crippen LogP contribution in [0.15, 0.2) is 12.1 Å². The van der Waals surface area contributed by atoms with Crippen molar-refractivity contribution in [2.45, 2.75) is 27.7 Å². The molecule has 0 bridgehead atoms. The van der Waals surface area contributed by atoms with Crippen LogP contribution in [0.5, 0.6) is 5.75 Å². The molecule has 1 nitrogen and oxygen atoms in total. The summed E-state index contributed by atoms with van der Waals surface area (Å²) < 4.78 is 5.71. The summed E-state index contributed by atoms with van der Waals surface area (Å²) in [7, 11) is 0. The van der Waals surface area contributed by atoms with E-state index in [1.54, 1.807) is 0 Å². The molecule has 0 amide bonds. The molecule has 0 spiro atoms. The van der Waals surface area contributed by atoms with Gasteiger partial charge in [-0.15, -0.1) is 11.1 Å². The van der Waals surface area contributed by atoms with Crippen molar-refractivity contribution in [3.8, 4) is 5.75 Å². The Morgan fingerprint density at radius 2 is 1.73 bits per heavy atom. The van der Waals surface area contributed by atoms with Crippen molar-refractivity contribution >= 4 is 13.6 Å². The fourth-order valence-corrected chi connectivity index (χ4v) is 1.21. The van der Waals surface area contributed by atoms with Gasteiger partial charge in [0.2, 0.25) is 0 Å². The molecule has 1 aromatic carbocycles. The van der Waals surface area contributed by atoms with Crippen molar-refractivity contribution in [1.29, 1.82) is 0 Å². The molecule has 0 aromatic heterocycles. The molecule has 0 radical (unpaired) electrons. The second-order valence-electron chi connectivity index (χ2n) is 3.86. The van der Waals surface area contributed by atoms with Gasteiger partial charge in [-0.1, -0.05) is 27.7 Å². The van der Waals surface area contributed by atoms with Gasteiger partial charge in [-0.2, -0.15) is 18.2 Å². The van der Waals surface area contributed by atoms with Gasteiger partial charge in [0.1, 0.15) is 0 Å². The summed E-state index contributed by atoms with van der Waals surface area (Å²) in [4.78, 5) is 0. The number of benzene rings is 1. The van der Waals surface area contributed by atoms with Gasteiger partial charge in [-0.25, -0.2) is 0 Å². The maximum absolute atomic E-state index is 5.71. The van der Waals surface area contributed by atoms with Gasteiger partial charge in [0.15, 0.2) is 0 Å². The van der Waals surface area contributed by atoms with E-state index in [0.29, 0.717) is 5.92 Å². The van der Waals surface area contributed by atoms with Crippen LogP contribution in [0.3, 0.4) is 0 Å². The molecule has 0 heterocycles. The van der Waals surface area contributed by atoms with Crippen LogP contribution in [-0.2, 0) is 16.3 Å². The van der Waals surface area contributed by atoms with Gasteiger partial charge in [-0.3, -0.25) is 0 Å². The standard InChI is InChI=1S/C12H17O.BrH.Zn/c1-9(2)8-13-12-10(3)6-5-7-11(12)4;;/h6-7,9H,8H2,1-4H3;1H;/q-1;;+2/p-1. The van der Waals surface area contributed by atoms with Crippen LogP contribution in [0.2, 0.25) is 0 Å². The fraction of sp³-hybridized carbons (Fsp3) is 0.500. The number of aryl methyl sites for hydroxylation is 2. The van der Waals surface area contributed by atoms with Gasteiger partial charge in [0.05, 0.1) is 6.61 Å². The summed E-state index contributed by atoms with van der Waals surface area (Å²) in [5, 5.41) is 0. The number of ether oxygens (including phenoxy) is 1. The first-order valence-electron chi connectivity index (χ1n) is 4.98. The summed E-state index contributed by atoms with van der Waals surface area (Å²) >= 11 is 4.25. The first-order chi connectivity index (χ1) is 7.11. The Balaban J connectivity index is 0.000000921. The Morgan fingerprint density at radius 3 is 2.13 bits per heavy atom. The first-order valence-corrected chi connectivity index (χ1v) is 11.9. The summed E-state index contributed by atoms with van der Waals surface area (Å²) in [6, 6.07) is 7.00. The maximum atomic E-state index is 5.71. The zero-order chi connectivity index (χ0) is 11.8. The average molecular weight is 323 g/mol. The van der Waals surface area contributed by atoms with Crippen LogP contribution in [0.1, 0.15) is 25.0 Å². The van der Waals surface area contributed by atoms with E-state index in [2.05, 4.69) is 47.4 Å². The predicted molar refractivity (Wildman–Crippen MR) is 64.0 cm³/mol. The van der Waals surface area contributed by atoms with E-state index in [0.717, 1.165) is 12.4 Å². The van der Waals surface area contributed by atoms with Crippen molar-refractivity contribution in [3.05, 3.63) is 29.3 Å². The van der Waals surface area contributed by atoms with E-state index >= 15 is 0 Å². The molecule has 0 saturated carbocycles. The Hall–Kier alpha value is 0.123. The van der Waals surface area contributed by atoms with Gasteiger partial charge >= 0.3 is 30.0 Å². The molecule has 0 fully saturated rings. The van der Waals surface area contributed by atoms with E-state index in [9.17, 15) is 0 Å². The molecule has 0 aliphatic heterocycles. The van der Waals surface area contributed by atoms with Crippen LogP contribution >= 0.6 is 13.6 Å². The normalized spacial score (nSPS) is 9.60. The van der Waals surface area contributed by atoms with Gasteiger partial charge in [-0.05, 0) is 5.92 Å². The predicted octanol–water partition coefficient (Wildman–Crippen LogP) is 3.98. The minimum absolute atomic E-state index is 0.572. The Kier molecular flexibility index (Phi) is 8.36. The van der Waals surface area contributed by atoms with Gasteiger partial charge in [0.25, 0.3) is 0 Å². The Labute approximate surface area is 110 Å². The number of hydrogen-bond acceptors (Lipinski definition) is 1. The van der Waals surface area contributed by atoms with E-state index in [-0.39, 0.29) is 0 Å². The number of halogens is 1. The number of hydrogen-bond donors (Lipinski definition) is 0. The van der Waals surface area contributed by atoms with E-state index < -0.39 is 0 Å². The van der Waals surface area contributed by atoms with Crippen molar-refractivity contribution in [2.24, 2.45) is 5.92 Å². The molecular formula is C12H17BrOZn. The quantitative estimate of drug-likeness (QED) is 0.604. The molecular weight excluding hydrogens is 305 g/mol. The molecule has 1 aromatic rings. The number of rotatable bonds is 3. The molecule has 1 rings (SSSR count). The average Bonchev–Trinajstić information content (AvgIpc) is 2.20. The van der Waals surface area contributed by atoms with Crippen LogP contribution in [0.4, 0.5) is 0 Å². The SMILES string of the molecule is Cc1c[c-]cc(C)c1OCC(C)C.[Zn+][Br]. The fourth-order valence-electron chi connectivity index (χ4n) is 1.21. The molecule has 0 atom stereocenters. The first kappa shape index (κ1) is 15.1. The third-order valence-corrected chi connectivity index (χ3v) is 1.88. The summed E-state index contributed by atoms with van der Waals surface area (Å²) in [6.07, 6.45) is 0. The zero-order valence-corrected chi connectivity index (χ0v) is 14.5. The molecule has 0 saturated heterocycles. The second kappa shape index (κ2) is 8.30. The third-order valence-electron chi connectivity index (χ3n) is 1.88. The molecule has 0 unspecified atom stereocenters. The minimum atomic E-state index is 0.572. The molecule has 80 valence electrons. The van der Waals surface area contributed by atoms with Crippen molar-refractivity contribution in [2.75, 3.05) is 6.61 Å². The summed E-state index contributed by atoms with van der Waals surface area (Å²) in [5.74, 6) is 1.59. The van der Waals surface area contributed by atoms with Crippen LogP contribution in [0.25, 0.3) is 0 Å². The summed E-state index contributed by atoms with van der Waals surface area (Å²) in [6.45, 7) is 9.20. The molecule has 3 heteroatoms. The van der Waals surface area contributed by atoms with E-state index in [4.69, 9.17) is 4.74 Å². The monoisotopic (exact) mass is 320 g/mol. The molecule has 15 heavy (non-hydrogen) atoms. The molecule has 0 N–H and O–H groups in total. The topological polar surface area (TPSA) is 9.23 Å². The van der Waals surface area contributed by atoms with Gasteiger partial charge in [0, 0.05) is 5.75 Å². The third kappa shape index (κ3) is 5.68. The van der Waals surface area contributed by atoms with Crippen molar-refractivity contribution in [3.63, 3.8) is 0 Å². The van der Waals surface area contributed by atoms with Crippen LogP contribution in [0, 0.1) is 25.8 Å². The zero-order valence-electron chi connectivity index (χ0n) is 9.93. The molecule has 0 aliphatic carbocycles. The van der Waals surface area contributed by atoms with E-state index in [1.807, 2.05) is 12.1 Å². The van der Waals surface area contributed by atoms with Crippen molar-refractivity contribution in [1.82, 2.24) is 0 Å². The Bertz CT molecular complexity index is 267.